The van der Waals surface area contributed by atoms with E-state index in [1.165, 1.54) is 6.07 Å². The van der Waals surface area contributed by atoms with E-state index in [4.69, 9.17) is 11.6 Å². The number of urea groups is 1. The van der Waals surface area contributed by atoms with Crippen LogP contribution in [0.2, 0.25) is 5.02 Å². The van der Waals surface area contributed by atoms with Gasteiger partial charge < -0.3 is 10.2 Å². The van der Waals surface area contributed by atoms with Crippen molar-refractivity contribution < 1.29 is 13.6 Å². The summed E-state index contributed by atoms with van der Waals surface area (Å²) in [4.78, 5) is 14.5. The second-order valence-corrected chi connectivity index (χ2v) is 6.60. The predicted molar refractivity (Wildman–Crippen MR) is 94.7 cm³/mol. The van der Waals surface area contributed by atoms with Crippen molar-refractivity contribution in [2.75, 3.05) is 11.9 Å². The summed E-state index contributed by atoms with van der Waals surface area (Å²) < 4.78 is 26.9. The second-order valence-electron chi connectivity index (χ2n) is 6.16. The molecule has 0 bridgehead atoms. The van der Waals surface area contributed by atoms with Crippen molar-refractivity contribution >= 4 is 23.3 Å². The smallest absolute Gasteiger partial charge is 0.317 e. The summed E-state index contributed by atoms with van der Waals surface area (Å²) in [6, 6.07) is 10.1. The van der Waals surface area contributed by atoms with Crippen molar-refractivity contribution in [3.05, 3.63) is 64.7 Å². The Bertz CT molecular complexity index is 752. The summed E-state index contributed by atoms with van der Waals surface area (Å²) in [6.45, 7) is 0.585. The second kappa shape index (κ2) is 7.83. The number of carbonyl (C=O) groups excluding carboxylic acids is 1. The maximum absolute atomic E-state index is 13.8. The average Bonchev–Trinajstić information content (AvgIpc) is 2.84. The van der Waals surface area contributed by atoms with E-state index >= 15 is 0 Å². The molecule has 1 saturated heterocycles. The SMILES string of the molecule is O=C(Nc1ccc(F)cc1F)N1CCCCCC1c1ccc(Cl)cc1. The predicted octanol–water partition coefficient (Wildman–Crippen LogP) is 5.77. The molecular formula is C19H19ClF2N2O. The molecule has 0 aliphatic carbocycles. The van der Waals surface area contributed by atoms with Crippen LogP contribution in [0.1, 0.15) is 37.3 Å². The highest BCUT2D eigenvalue weighted by molar-refractivity contribution is 6.30. The maximum atomic E-state index is 13.8. The lowest BCUT2D eigenvalue weighted by molar-refractivity contribution is 0.189. The van der Waals surface area contributed by atoms with E-state index in [9.17, 15) is 13.6 Å². The number of halogens is 3. The molecule has 1 N–H and O–H groups in total. The van der Waals surface area contributed by atoms with Crippen LogP contribution in [0, 0.1) is 11.6 Å². The summed E-state index contributed by atoms with van der Waals surface area (Å²) in [5.74, 6) is -1.46. The molecule has 3 nitrogen and oxygen atoms in total. The molecular weight excluding hydrogens is 346 g/mol. The number of carbonyl (C=O) groups is 1. The van der Waals surface area contributed by atoms with Crippen LogP contribution >= 0.6 is 11.6 Å². The van der Waals surface area contributed by atoms with Crippen molar-refractivity contribution in [1.29, 1.82) is 0 Å². The normalized spacial score (nSPS) is 17.9. The van der Waals surface area contributed by atoms with Crippen LogP contribution in [0.5, 0.6) is 0 Å². The Morgan fingerprint density at radius 1 is 1.08 bits per heavy atom. The van der Waals surface area contributed by atoms with Gasteiger partial charge in [0.1, 0.15) is 11.6 Å². The molecule has 1 aliphatic heterocycles. The summed E-state index contributed by atoms with van der Waals surface area (Å²) in [6.07, 6.45) is 3.78. The lowest BCUT2D eigenvalue weighted by Gasteiger charge is -2.30. The number of anilines is 1. The Morgan fingerprint density at radius 2 is 1.84 bits per heavy atom. The molecule has 0 aromatic heterocycles. The zero-order valence-electron chi connectivity index (χ0n) is 13.6. The highest BCUT2D eigenvalue weighted by Gasteiger charge is 2.27. The first-order chi connectivity index (χ1) is 12.0. The van der Waals surface area contributed by atoms with Gasteiger partial charge in [-0.05, 0) is 42.7 Å². The molecule has 25 heavy (non-hydrogen) atoms. The van der Waals surface area contributed by atoms with Gasteiger partial charge in [-0.2, -0.15) is 0 Å². The molecule has 2 amide bonds. The molecule has 132 valence electrons. The average molecular weight is 365 g/mol. The largest absolute Gasteiger partial charge is 0.322 e. The van der Waals surface area contributed by atoms with Gasteiger partial charge in [-0.15, -0.1) is 0 Å². The van der Waals surface area contributed by atoms with Crippen molar-refractivity contribution in [1.82, 2.24) is 4.90 Å². The van der Waals surface area contributed by atoms with Crippen LogP contribution in [0.15, 0.2) is 42.5 Å². The molecule has 1 aliphatic rings. The molecule has 0 spiro atoms. The summed E-state index contributed by atoms with van der Waals surface area (Å²) >= 11 is 5.95. The first-order valence-corrected chi connectivity index (χ1v) is 8.70. The number of benzene rings is 2. The van der Waals surface area contributed by atoms with Gasteiger partial charge in [0.15, 0.2) is 0 Å². The van der Waals surface area contributed by atoms with Gasteiger partial charge in [0.25, 0.3) is 0 Å². The first kappa shape index (κ1) is 17.7. The Labute approximate surface area is 150 Å². The Morgan fingerprint density at radius 3 is 2.56 bits per heavy atom. The van der Waals surface area contributed by atoms with Crippen LogP contribution in [0.4, 0.5) is 19.3 Å². The zero-order chi connectivity index (χ0) is 17.8. The van der Waals surface area contributed by atoms with E-state index in [0.29, 0.717) is 11.6 Å². The minimum Gasteiger partial charge on any atom is -0.317 e. The van der Waals surface area contributed by atoms with Crippen LogP contribution in [-0.4, -0.2) is 17.5 Å². The number of amides is 2. The van der Waals surface area contributed by atoms with E-state index < -0.39 is 11.6 Å². The number of hydrogen-bond donors (Lipinski definition) is 1. The monoisotopic (exact) mass is 364 g/mol. The zero-order valence-corrected chi connectivity index (χ0v) is 14.4. The van der Waals surface area contributed by atoms with E-state index in [1.54, 1.807) is 17.0 Å². The number of nitrogens with zero attached hydrogens (tertiary/aromatic N) is 1. The molecule has 1 fully saturated rings. The van der Waals surface area contributed by atoms with Gasteiger partial charge >= 0.3 is 6.03 Å². The summed E-state index contributed by atoms with van der Waals surface area (Å²) in [5.41, 5.74) is 0.978. The lowest BCUT2D eigenvalue weighted by atomic mass is 10.0. The molecule has 1 heterocycles. The van der Waals surface area contributed by atoms with Gasteiger partial charge in [-0.25, -0.2) is 13.6 Å². The Balaban J connectivity index is 1.82. The highest BCUT2D eigenvalue weighted by Crippen LogP contribution is 2.31. The van der Waals surface area contributed by atoms with Gasteiger partial charge in [-0.3, -0.25) is 0 Å². The number of hydrogen-bond acceptors (Lipinski definition) is 1. The third-order valence-electron chi connectivity index (χ3n) is 4.44. The van der Waals surface area contributed by atoms with Crippen LogP contribution in [0.3, 0.4) is 0 Å². The quantitative estimate of drug-likeness (QED) is 0.721. The van der Waals surface area contributed by atoms with Gasteiger partial charge in [0.05, 0.1) is 11.7 Å². The van der Waals surface area contributed by atoms with Gasteiger partial charge in [-0.1, -0.05) is 36.6 Å². The molecule has 0 radical (unpaired) electrons. The fraction of sp³-hybridized carbons (Fsp3) is 0.316. The lowest BCUT2D eigenvalue weighted by Crippen LogP contribution is -2.38. The van der Waals surface area contributed by atoms with Crippen molar-refractivity contribution in [3.63, 3.8) is 0 Å². The number of likely N-dealkylation sites (tertiary alicyclic amines) is 1. The topological polar surface area (TPSA) is 32.3 Å². The van der Waals surface area contributed by atoms with E-state index in [0.717, 1.165) is 43.4 Å². The first-order valence-electron chi connectivity index (χ1n) is 8.33. The van der Waals surface area contributed by atoms with Crippen molar-refractivity contribution in [3.8, 4) is 0 Å². The summed E-state index contributed by atoms with van der Waals surface area (Å²) in [7, 11) is 0. The molecule has 3 rings (SSSR count). The van der Waals surface area contributed by atoms with Crippen molar-refractivity contribution in [2.24, 2.45) is 0 Å². The molecule has 2 aromatic rings. The fourth-order valence-electron chi connectivity index (χ4n) is 3.16. The van der Waals surface area contributed by atoms with Gasteiger partial charge in [0.2, 0.25) is 0 Å². The van der Waals surface area contributed by atoms with Gasteiger partial charge in [0, 0.05) is 17.6 Å². The van der Waals surface area contributed by atoms with Crippen LogP contribution in [-0.2, 0) is 0 Å². The standard InChI is InChI=1S/C19H19ClF2N2O/c20-14-7-5-13(6-8-14)18-4-2-1-3-11-24(18)19(25)23-17-10-9-15(21)12-16(17)22/h5-10,12,18H,1-4,11H2,(H,23,25). The third kappa shape index (κ3) is 4.28. The van der Waals surface area contributed by atoms with E-state index in [-0.39, 0.29) is 17.8 Å². The van der Waals surface area contributed by atoms with Crippen LogP contribution in [0.25, 0.3) is 0 Å². The minimum absolute atomic E-state index is 0.0227. The third-order valence-corrected chi connectivity index (χ3v) is 4.69. The van der Waals surface area contributed by atoms with E-state index in [2.05, 4.69) is 5.32 Å². The number of rotatable bonds is 2. The summed E-state index contributed by atoms with van der Waals surface area (Å²) in [5, 5.41) is 3.21. The fourth-order valence-corrected chi connectivity index (χ4v) is 3.29. The van der Waals surface area contributed by atoms with Crippen molar-refractivity contribution in [2.45, 2.75) is 31.7 Å². The Kier molecular flexibility index (Phi) is 5.53. The maximum Gasteiger partial charge on any atom is 0.322 e. The number of nitrogens with one attached hydrogen (secondary N) is 1. The molecule has 6 heteroatoms. The van der Waals surface area contributed by atoms with E-state index in [1.807, 2.05) is 12.1 Å². The molecule has 1 unspecified atom stereocenters. The Hall–Kier alpha value is -2.14. The highest BCUT2D eigenvalue weighted by atomic mass is 35.5. The minimum atomic E-state index is -0.786. The molecule has 2 aromatic carbocycles. The molecule has 0 saturated carbocycles. The molecule has 1 atom stereocenters. The van der Waals surface area contributed by atoms with Crippen LogP contribution < -0.4 is 5.32 Å².